The Kier molecular flexibility index (Phi) is 5.50. The molecule has 6 nitrogen and oxygen atoms in total. The summed E-state index contributed by atoms with van der Waals surface area (Å²) in [4.78, 5) is 19.0. The topological polar surface area (TPSA) is 76.2 Å². The smallest absolute Gasteiger partial charge is 0.251 e. The van der Waals surface area contributed by atoms with Crippen LogP contribution in [0.2, 0.25) is 0 Å². The first-order valence-corrected chi connectivity index (χ1v) is 8.88. The third-order valence-electron chi connectivity index (χ3n) is 4.72. The number of nitrogens with zero attached hydrogens (tertiary/aromatic N) is 3. The standard InChI is InChI=1S/C19H27N5O/c1-23(2)13-18-21-11-12-24(18)15-9-7-14(8-10-15)19(25)22-17-6-4-3-5-16(17)20/h7-12,16-17H,3-6,13,20H2,1-2H3,(H,22,25). The summed E-state index contributed by atoms with van der Waals surface area (Å²) in [6, 6.07) is 7.78. The molecule has 2 unspecified atom stereocenters. The predicted molar refractivity (Wildman–Crippen MR) is 98.7 cm³/mol. The van der Waals surface area contributed by atoms with Gasteiger partial charge < -0.3 is 20.5 Å². The summed E-state index contributed by atoms with van der Waals surface area (Å²) in [6.45, 7) is 0.759. The van der Waals surface area contributed by atoms with Gasteiger partial charge in [0, 0.05) is 35.7 Å². The van der Waals surface area contributed by atoms with Gasteiger partial charge in [0.05, 0.1) is 6.54 Å². The second-order valence-corrected chi connectivity index (χ2v) is 7.03. The van der Waals surface area contributed by atoms with E-state index in [4.69, 9.17) is 5.73 Å². The van der Waals surface area contributed by atoms with Gasteiger partial charge in [-0.1, -0.05) is 12.8 Å². The molecule has 2 aromatic rings. The lowest BCUT2D eigenvalue weighted by molar-refractivity contribution is 0.0921. The van der Waals surface area contributed by atoms with Crippen molar-refractivity contribution in [2.45, 2.75) is 44.3 Å². The fraction of sp³-hybridized carbons (Fsp3) is 0.474. The fourth-order valence-corrected chi connectivity index (χ4v) is 3.33. The molecule has 1 fully saturated rings. The summed E-state index contributed by atoms with van der Waals surface area (Å²) in [5, 5.41) is 3.09. The van der Waals surface area contributed by atoms with Gasteiger partial charge in [0.25, 0.3) is 5.91 Å². The van der Waals surface area contributed by atoms with Gasteiger partial charge in [0.15, 0.2) is 0 Å². The largest absolute Gasteiger partial charge is 0.348 e. The normalized spacial score (nSPS) is 20.6. The number of carbonyl (C=O) groups is 1. The van der Waals surface area contributed by atoms with Crippen molar-refractivity contribution >= 4 is 5.91 Å². The molecule has 134 valence electrons. The van der Waals surface area contributed by atoms with Crippen molar-refractivity contribution in [3.05, 3.63) is 48.0 Å². The van der Waals surface area contributed by atoms with Gasteiger partial charge in [-0.05, 0) is 51.2 Å². The van der Waals surface area contributed by atoms with Crippen molar-refractivity contribution in [1.29, 1.82) is 0 Å². The molecule has 6 heteroatoms. The highest BCUT2D eigenvalue weighted by atomic mass is 16.1. The highest BCUT2D eigenvalue weighted by Crippen LogP contribution is 2.18. The average Bonchev–Trinajstić information content (AvgIpc) is 3.04. The summed E-state index contributed by atoms with van der Waals surface area (Å²) in [6.07, 6.45) is 7.97. The van der Waals surface area contributed by atoms with E-state index in [1.807, 2.05) is 49.1 Å². The molecule has 0 saturated heterocycles. The van der Waals surface area contributed by atoms with Crippen molar-refractivity contribution in [3.8, 4) is 5.69 Å². The van der Waals surface area contributed by atoms with Crippen molar-refractivity contribution < 1.29 is 4.79 Å². The van der Waals surface area contributed by atoms with Crippen LogP contribution in [0.25, 0.3) is 5.69 Å². The van der Waals surface area contributed by atoms with Gasteiger partial charge in [-0.3, -0.25) is 4.79 Å². The summed E-state index contributed by atoms with van der Waals surface area (Å²) in [5.74, 6) is 0.920. The van der Waals surface area contributed by atoms with Crippen molar-refractivity contribution in [1.82, 2.24) is 19.8 Å². The van der Waals surface area contributed by atoms with E-state index in [-0.39, 0.29) is 18.0 Å². The van der Waals surface area contributed by atoms with Gasteiger partial charge in [0.1, 0.15) is 5.82 Å². The van der Waals surface area contributed by atoms with Crippen molar-refractivity contribution in [2.24, 2.45) is 5.73 Å². The average molecular weight is 341 g/mol. The van der Waals surface area contributed by atoms with Crippen LogP contribution in [-0.2, 0) is 6.54 Å². The number of imidazole rings is 1. The molecular formula is C19H27N5O. The van der Waals surface area contributed by atoms with Crippen LogP contribution < -0.4 is 11.1 Å². The molecule has 0 spiro atoms. The molecule has 1 aromatic carbocycles. The maximum Gasteiger partial charge on any atom is 0.251 e. The van der Waals surface area contributed by atoms with Crippen LogP contribution in [0.4, 0.5) is 0 Å². The highest BCUT2D eigenvalue weighted by molar-refractivity contribution is 5.94. The Labute approximate surface area is 149 Å². The molecule has 1 aromatic heterocycles. The number of rotatable bonds is 5. The number of aromatic nitrogens is 2. The second kappa shape index (κ2) is 7.80. The number of amides is 1. The summed E-state index contributed by atoms with van der Waals surface area (Å²) < 4.78 is 2.04. The van der Waals surface area contributed by atoms with Crippen LogP contribution in [0.5, 0.6) is 0 Å². The third-order valence-corrected chi connectivity index (χ3v) is 4.72. The van der Waals surface area contributed by atoms with Gasteiger partial charge in [-0.2, -0.15) is 0 Å². The molecule has 1 amide bonds. The van der Waals surface area contributed by atoms with Crippen LogP contribution >= 0.6 is 0 Å². The van der Waals surface area contributed by atoms with Gasteiger partial charge in [0.2, 0.25) is 0 Å². The van der Waals surface area contributed by atoms with E-state index in [1.165, 1.54) is 0 Å². The zero-order valence-corrected chi connectivity index (χ0v) is 15.0. The molecule has 3 rings (SSSR count). The minimum Gasteiger partial charge on any atom is -0.348 e. The lowest BCUT2D eigenvalue weighted by atomic mass is 9.91. The molecular weight excluding hydrogens is 314 g/mol. The molecule has 25 heavy (non-hydrogen) atoms. The fourth-order valence-electron chi connectivity index (χ4n) is 3.33. The Balaban J connectivity index is 1.70. The molecule has 0 aliphatic heterocycles. The minimum absolute atomic E-state index is 0.0481. The summed E-state index contributed by atoms with van der Waals surface area (Å²) in [7, 11) is 4.03. The van der Waals surface area contributed by atoms with Crippen LogP contribution in [0.3, 0.4) is 0 Å². The summed E-state index contributed by atoms with van der Waals surface area (Å²) in [5.41, 5.74) is 7.78. The molecule has 3 N–H and O–H groups in total. The Hall–Kier alpha value is -2.18. The van der Waals surface area contributed by atoms with Crippen LogP contribution in [0, 0.1) is 0 Å². The molecule has 0 radical (unpaired) electrons. The Bertz CT molecular complexity index is 707. The lowest BCUT2D eigenvalue weighted by Crippen LogP contribution is -2.49. The van der Waals surface area contributed by atoms with Gasteiger partial charge in [-0.15, -0.1) is 0 Å². The second-order valence-electron chi connectivity index (χ2n) is 7.03. The lowest BCUT2D eigenvalue weighted by Gasteiger charge is -2.29. The zero-order chi connectivity index (χ0) is 17.8. The SMILES string of the molecule is CN(C)Cc1nccn1-c1ccc(C(=O)NC2CCCCC2N)cc1. The number of nitrogens with two attached hydrogens (primary N) is 1. The van der Waals surface area contributed by atoms with E-state index in [0.717, 1.165) is 43.7 Å². The maximum atomic E-state index is 12.5. The monoisotopic (exact) mass is 341 g/mol. The number of carbonyl (C=O) groups excluding carboxylic acids is 1. The van der Waals surface area contributed by atoms with E-state index in [9.17, 15) is 4.79 Å². The van der Waals surface area contributed by atoms with Crippen LogP contribution in [-0.4, -0.2) is 46.5 Å². The Morgan fingerprint density at radius 2 is 2.00 bits per heavy atom. The molecule has 1 saturated carbocycles. The van der Waals surface area contributed by atoms with Gasteiger partial charge in [-0.25, -0.2) is 4.98 Å². The third kappa shape index (κ3) is 4.27. The molecule has 0 bridgehead atoms. The van der Waals surface area contributed by atoms with Crippen LogP contribution in [0.15, 0.2) is 36.7 Å². The molecule has 2 atom stereocenters. The first-order valence-electron chi connectivity index (χ1n) is 8.88. The van der Waals surface area contributed by atoms with E-state index in [0.29, 0.717) is 5.56 Å². The Morgan fingerprint density at radius 1 is 1.28 bits per heavy atom. The first kappa shape index (κ1) is 17.6. The van der Waals surface area contributed by atoms with Crippen molar-refractivity contribution in [2.75, 3.05) is 14.1 Å². The van der Waals surface area contributed by atoms with E-state index in [2.05, 4.69) is 15.2 Å². The van der Waals surface area contributed by atoms with Crippen LogP contribution in [0.1, 0.15) is 41.9 Å². The number of hydrogen-bond donors (Lipinski definition) is 2. The molecule has 1 heterocycles. The molecule has 1 aliphatic carbocycles. The number of nitrogens with one attached hydrogen (secondary N) is 1. The predicted octanol–water partition coefficient (Wildman–Crippen LogP) is 1.93. The van der Waals surface area contributed by atoms with E-state index in [1.54, 1.807) is 6.20 Å². The minimum atomic E-state index is -0.0481. The molecule has 1 aliphatic rings. The number of benzene rings is 1. The highest BCUT2D eigenvalue weighted by Gasteiger charge is 2.23. The first-order chi connectivity index (χ1) is 12.0. The van der Waals surface area contributed by atoms with Gasteiger partial charge >= 0.3 is 0 Å². The number of hydrogen-bond acceptors (Lipinski definition) is 4. The van der Waals surface area contributed by atoms with E-state index < -0.39 is 0 Å². The van der Waals surface area contributed by atoms with E-state index >= 15 is 0 Å². The summed E-state index contributed by atoms with van der Waals surface area (Å²) >= 11 is 0. The zero-order valence-electron chi connectivity index (χ0n) is 15.0. The maximum absolute atomic E-state index is 12.5. The quantitative estimate of drug-likeness (QED) is 0.871. The Morgan fingerprint density at radius 3 is 2.68 bits per heavy atom. The van der Waals surface area contributed by atoms with Crippen molar-refractivity contribution in [3.63, 3.8) is 0 Å².